The smallest absolute Gasteiger partial charge is 0.376 e. The van der Waals surface area contributed by atoms with Crippen molar-refractivity contribution in [3.8, 4) is 0 Å². The van der Waals surface area contributed by atoms with Gasteiger partial charge in [-0.05, 0) is 42.3 Å². The van der Waals surface area contributed by atoms with Gasteiger partial charge in [-0.25, -0.2) is 0 Å². The van der Waals surface area contributed by atoms with E-state index < -0.39 is 17.6 Å². The third kappa shape index (κ3) is 4.88. The van der Waals surface area contributed by atoms with Gasteiger partial charge < -0.3 is 15.1 Å². The Balaban J connectivity index is 1.83. The molecule has 1 saturated heterocycles. The summed E-state index contributed by atoms with van der Waals surface area (Å²) in [6.07, 6.45) is -3.16. The standard InChI is InChI=1S/C21H22F3N3O2/c1-26(2)18-9-8-16(21(22,23)24)12-17(18)25-20(29)15-6-3-5-14(11-15)13-27-10-4-7-19(27)28/h3,5-6,8-9,11-12H,4,7,10,13H2,1-2H3,(H,25,29). The Labute approximate surface area is 167 Å². The van der Waals surface area contributed by atoms with Gasteiger partial charge in [-0.3, -0.25) is 9.59 Å². The molecule has 0 aromatic heterocycles. The zero-order valence-corrected chi connectivity index (χ0v) is 16.2. The topological polar surface area (TPSA) is 52.7 Å². The van der Waals surface area contributed by atoms with E-state index in [1.165, 1.54) is 6.07 Å². The lowest BCUT2D eigenvalue weighted by atomic mass is 10.1. The lowest BCUT2D eigenvalue weighted by molar-refractivity contribution is -0.137. The van der Waals surface area contributed by atoms with Gasteiger partial charge in [0.1, 0.15) is 0 Å². The molecule has 8 heteroatoms. The van der Waals surface area contributed by atoms with Crippen molar-refractivity contribution in [2.45, 2.75) is 25.6 Å². The Hall–Kier alpha value is -3.03. The van der Waals surface area contributed by atoms with Crippen molar-refractivity contribution in [2.75, 3.05) is 30.9 Å². The van der Waals surface area contributed by atoms with Crippen LogP contribution in [0.2, 0.25) is 0 Å². The highest BCUT2D eigenvalue weighted by molar-refractivity contribution is 6.06. The molecule has 0 aliphatic carbocycles. The van der Waals surface area contributed by atoms with E-state index in [-0.39, 0.29) is 11.6 Å². The largest absolute Gasteiger partial charge is 0.416 e. The molecule has 2 aromatic rings. The fourth-order valence-corrected chi connectivity index (χ4v) is 3.30. The van der Waals surface area contributed by atoms with Crippen LogP contribution in [-0.4, -0.2) is 37.4 Å². The molecule has 1 aliphatic heterocycles. The molecule has 1 fully saturated rings. The molecule has 1 N–H and O–H groups in total. The third-order valence-electron chi connectivity index (χ3n) is 4.79. The van der Waals surface area contributed by atoms with Gasteiger partial charge in [-0.1, -0.05) is 12.1 Å². The molecular formula is C21H22F3N3O2. The van der Waals surface area contributed by atoms with Crippen molar-refractivity contribution in [1.82, 2.24) is 4.90 Å². The number of benzene rings is 2. The molecular weight excluding hydrogens is 383 g/mol. The van der Waals surface area contributed by atoms with Gasteiger partial charge in [0, 0.05) is 39.2 Å². The summed E-state index contributed by atoms with van der Waals surface area (Å²) in [7, 11) is 3.37. The average molecular weight is 405 g/mol. The van der Waals surface area contributed by atoms with Crippen LogP contribution >= 0.6 is 0 Å². The highest BCUT2D eigenvalue weighted by Gasteiger charge is 2.31. The number of nitrogens with one attached hydrogen (secondary N) is 1. The number of amides is 2. The summed E-state index contributed by atoms with van der Waals surface area (Å²) < 4.78 is 39.2. The number of nitrogens with zero attached hydrogens (tertiary/aromatic N) is 2. The first-order valence-corrected chi connectivity index (χ1v) is 9.22. The normalized spacial score (nSPS) is 14.2. The predicted octanol–water partition coefficient (Wildman–Crippen LogP) is 4.15. The maximum Gasteiger partial charge on any atom is 0.416 e. The minimum atomic E-state index is -4.51. The number of likely N-dealkylation sites (tertiary alicyclic amines) is 1. The molecule has 29 heavy (non-hydrogen) atoms. The molecule has 1 heterocycles. The lowest BCUT2D eigenvalue weighted by Crippen LogP contribution is -2.24. The molecule has 154 valence electrons. The Morgan fingerprint density at radius 1 is 1.17 bits per heavy atom. The van der Waals surface area contributed by atoms with E-state index in [1.807, 2.05) is 6.07 Å². The van der Waals surface area contributed by atoms with Crippen LogP contribution in [0, 0.1) is 0 Å². The van der Waals surface area contributed by atoms with Gasteiger partial charge in [0.2, 0.25) is 5.91 Å². The summed E-state index contributed by atoms with van der Waals surface area (Å²) in [6, 6.07) is 10.0. The first-order chi connectivity index (χ1) is 13.6. The average Bonchev–Trinajstić information content (AvgIpc) is 3.05. The highest BCUT2D eigenvalue weighted by atomic mass is 19.4. The second-order valence-corrected chi connectivity index (χ2v) is 7.20. The molecule has 2 aromatic carbocycles. The van der Waals surface area contributed by atoms with Crippen LogP contribution in [0.1, 0.15) is 34.3 Å². The monoisotopic (exact) mass is 405 g/mol. The number of rotatable bonds is 5. The molecule has 3 rings (SSSR count). The number of anilines is 2. The van der Waals surface area contributed by atoms with Gasteiger partial charge in [0.15, 0.2) is 0 Å². The summed E-state index contributed by atoms with van der Waals surface area (Å²) in [5, 5.41) is 2.59. The Morgan fingerprint density at radius 3 is 2.55 bits per heavy atom. The van der Waals surface area contributed by atoms with Crippen molar-refractivity contribution in [3.63, 3.8) is 0 Å². The molecule has 1 aliphatic rings. The van der Waals surface area contributed by atoms with Gasteiger partial charge in [-0.2, -0.15) is 13.2 Å². The number of hydrogen-bond donors (Lipinski definition) is 1. The fourth-order valence-electron chi connectivity index (χ4n) is 3.30. The van der Waals surface area contributed by atoms with E-state index in [0.717, 1.165) is 24.1 Å². The molecule has 2 amide bonds. The Kier molecular flexibility index (Phi) is 5.81. The van der Waals surface area contributed by atoms with Crippen LogP contribution in [0.4, 0.5) is 24.5 Å². The molecule has 0 bridgehead atoms. The van der Waals surface area contributed by atoms with Gasteiger partial charge >= 0.3 is 6.18 Å². The first-order valence-electron chi connectivity index (χ1n) is 9.22. The maximum atomic E-state index is 13.1. The number of carbonyl (C=O) groups excluding carboxylic acids is 2. The molecule has 5 nitrogen and oxygen atoms in total. The number of hydrogen-bond acceptors (Lipinski definition) is 3. The molecule has 0 spiro atoms. The zero-order chi connectivity index (χ0) is 21.2. The molecule has 0 atom stereocenters. The first kappa shape index (κ1) is 20.7. The van der Waals surface area contributed by atoms with Crippen LogP contribution in [0.5, 0.6) is 0 Å². The van der Waals surface area contributed by atoms with Gasteiger partial charge in [-0.15, -0.1) is 0 Å². The van der Waals surface area contributed by atoms with Crippen molar-refractivity contribution >= 4 is 23.2 Å². The van der Waals surface area contributed by atoms with Crippen molar-refractivity contribution in [2.24, 2.45) is 0 Å². The van der Waals surface area contributed by atoms with Crippen LogP contribution in [0.3, 0.4) is 0 Å². The van der Waals surface area contributed by atoms with E-state index in [9.17, 15) is 22.8 Å². The van der Waals surface area contributed by atoms with Crippen LogP contribution in [0.15, 0.2) is 42.5 Å². The summed E-state index contributed by atoms with van der Waals surface area (Å²) in [5.74, 6) is -0.429. The highest BCUT2D eigenvalue weighted by Crippen LogP contribution is 2.35. The fraction of sp³-hybridized carbons (Fsp3) is 0.333. The van der Waals surface area contributed by atoms with E-state index >= 15 is 0 Å². The van der Waals surface area contributed by atoms with Crippen LogP contribution in [-0.2, 0) is 17.5 Å². The summed E-state index contributed by atoms with van der Waals surface area (Å²) >= 11 is 0. The Bertz CT molecular complexity index is 926. The number of carbonyl (C=O) groups is 2. The van der Waals surface area contributed by atoms with Crippen LogP contribution < -0.4 is 10.2 Å². The molecule has 0 radical (unpaired) electrons. The number of halogens is 3. The second kappa shape index (κ2) is 8.14. The number of alkyl halides is 3. The van der Waals surface area contributed by atoms with Crippen molar-refractivity contribution in [1.29, 1.82) is 0 Å². The zero-order valence-electron chi connectivity index (χ0n) is 16.2. The van der Waals surface area contributed by atoms with Crippen molar-refractivity contribution < 1.29 is 22.8 Å². The minimum Gasteiger partial charge on any atom is -0.376 e. The summed E-state index contributed by atoms with van der Waals surface area (Å²) in [4.78, 5) is 27.9. The maximum absolute atomic E-state index is 13.1. The summed E-state index contributed by atoms with van der Waals surface area (Å²) in [5.41, 5.74) is 0.820. The van der Waals surface area contributed by atoms with Crippen LogP contribution in [0.25, 0.3) is 0 Å². The minimum absolute atomic E-state index is 0.0787. The second-order valence-electron chi connectivity index (χ2n) is 7.20. The van der Waals surface area contributed by atoms with Crippen molar-refractivity contribution in [3.05, 3.63) is 59.2 Å². The third-order valence-corrected chi connectivity index (χ3v) is 4.79. The summed E-state index contributed by atoms with van der Waals surface area (Å²) in [6.45, 7) is 1.10. The van der Waals surface area contributed by atoms with E-state index in [2.05, 4.69) is 5.32 Å². The van der Waals surface area contributed by atoms with E-state index in [1.54, 1.807) is 42.1 Å². The predicted molar refractivity (Wildman–Crippen MR) is 105 cm³/mol. The Morgan fingerprint density at radius 2 is 1.93 bits per heavy atom. The quantitative estimate of drug-likeness (QED) is 0.813. The van der Waals surface area contributed by atoms with E-state index in [4.69, 9.17) is 0 Å². The lowest BCUT2D eigenvalue weighted by Gasteiger charge is -2.20. The van der Waals surface area contributed by atoms with E-state index in [0.29, 0.717) is 30.8 Å². The SMILES string of the molecule is CN(C)c1ccc(C(F)(F)F)cc1NC(=O)c1cccc(CN2CCCC2=O)c1. The van der Waals surface area contributed by atoms with Gasteiger partial charge in [0.25, 0.3) is 5.91 Å². The molecule has 0 unspecified atom stereocenters. The van der Waals surface area contributed by atoms with Gasteiger partial charge in [0.05, 0.1) is 16.9 Å². The molecule has 0 saturated carbocycles.